The van der Waals surface area contributed by atoms with Gasteiger partial charge in [0, 0.05) is 29.8 Å². The van der Waals surface area contributed by atoms with Crippen LogP contribution in [-0.4, -0.2) is 28.9 Å². The number of fused-ring (bicyclic) bond motifs is 1. The van der Waals surface area contributed by atoms with E-state index in [0.29, 0.717) is 24.0 Å². The van der Waals surface area contributed by atoms with E-state index in [1.54, 1.807) is 18.2 Å². The van der Waals surface area contributed by atoms with E-state index in [9.17, 15) is 13.6 Å². The Bertz CT molecular complexity index is 1140. The predicted molar refractivity (Wildman–Crippen MR) is 105 cm³/mol. The maximum atomic E-state index is 15.1. The molecule has 1 spiro atoms. The van der Waals surface area contributed by atoms with Gasteiger partial charge in [-0.25, -0.2) is 22.5 Å². The number of nitrogens with zero attached hydrogens (tertiary/aromatic N) is 2. The number of amides is 1. The standard InChI is InChI=1S/C22H19F4N3O2/c23-14-9-13(31-7-4-18(25)26)10-15(24)19(14)20-22(5-1-6-22)21(30)29(20)12-2-3-16-17(8-12)28-11-27-16/h2-3,8-11,18,20H,1,4-7H2,(H,27,28). The first-order chi connectivity index (χ1) is 14.9. The Labute approximate surface area is 175 Å². The molecule has 2 aliphatic rings. The van der Waals surface area contributed by atoms with Crippen LogP contribution < -0.4 is 9.64 Å². The summed E-state index contributed by atoms with van der Waals surface area (Å²) < 4.78 is 59.8. The van der Waals surface area contributed by atoms with Crippen LogP contribution in [0.15, 0.2) is 36.7 Å². The van der Waals surface area contributed by atoms with Gasteiger partial charge in [-0.1, -0.05) is 6.42 Å². The number of benzene rings is 2. The van der Waals surface area contributed by atoms with Crippen molar-refractivity contribution in [3.8, 4) is 5.75 Å². The molecule has 1 saturated heterocycles. The number of anilines is 1. The molecule has 1 amide bonds. The number of nitrogens with one attached hydrogen (secondary N) is 1. The summed E-state index contributed by atoms with van der Waals surface area (Å²) >= 11 is 0. The average molecular weight is 433 g/mol. The van der Waals surface area contributed by atoms with Crippen molar-refractivity contribution < 1.29 is 27.1 Å². The maximum absolute atomic E-state index is 15.1. The summed E-state index contributed by atoms with van der Waals surface area (Å²) in [5.74, 6) is -2.03. The van der Waals surface area contributed by atoms with Crippen molar-refractivity contribution in [2.45, 2.75) is 38.2 Å². The Hall–Kier alpha value is -3.10. The van der Waals surface area contributed by atoms with Crippen LogP contribution in [0.4, 0.5) is 23.2 Å². The first-order valence-corrected chi connectivity index (χ1v) is 10.1. The number of carbonyl (C=O) groups is 1. The molecular formula is C22H19F4N3O2. The second kappa shape index (κ2) is 7.25. The Morgan fingerprint density at radius 1 is 1.19 bits per heavy atom. The number of carbonyl (C=O) groups excluding carboxylic acids is 1. The third-order valence-electron chi connectivity index (χ3n) is 6.29. The van der Waals surface area contributed by atoms with Gasteiger partial charge in [-0.3, -0.25) is 4.79 Å². The topological polar surface area (TPSA) is 58.2 Å². The van der Waals surface area contributed by atoms with Gasteiger partial charge < -0.3 is 14.6 Å². The van der Waals surface area contributed by atoms with Gasteiger partial charge in [0.25, 0.3) is 0 Å². The van der Waals surface area contributed by atoms with E-state index < -0.39 is 35.9 Å². The number of ether oxygens (including phenoxy) is 1. The Morgan fingerprint density at radius 2 is 1.94 bits per heavy atom. The highest BCUT2D eigenvalue weighted by Crippen LogP contribution is 2.63. The van der Waals surface area contributed by atoms with Crippen molar-refractivity contribution in [3.05, 3.63) is 53.9 Å². The zero-order chi connectivity index (χ0) is 21.8. The van der Waals surface area contributed by atoms with Crippen LogP contribution in [-0.2, 0) is 4.79 Å². The monoisotopic (exact) mass is 433 g/mol. The molecule has 0 radical (unpaired) electrons. The molecule has 1 aliphatic heterocycles. The summed E-state index contributed by atoms with van der Waals surface area (Å²) in [6.45, 7) is -0.350. The third kappa shape index (κ3) is 3.05. The molecule has 1 unspecified atom stereocenters. The third-order valence-corrected chi connectivity index (χ3v) is 6.29. The molecule has 1 aromatic heterocycles. The molecule has 5 nitrogen and oxygen atoms in total. The van der Waals surface area contributed by atoms with Crippen LogP contribution in [0.25, 0.3) is 11.0 Å². The second-order valence-electron chi connectivity index (χ2n) is 8.02. The fourth-order valence-corrected chi connectivity index (χ4v) is 4.61. The molecule has 1 saturated carbocycles. The number of halogens is 4. The van der Waals surface area contributed by atoms with Gasteiger partial charge >= 0.3 is 0 Å². The highest BCUT2D eigenvalue weighted by atomic mass is 19.3. The summed E-state index contributed by atoms with van der Waals surface area (Å²) in [5, 5.41) is 0. The predicted octanol–water partition coefficient (Wildman–Crippen LogP) is 5.13. The summed E-state index contributed by atoms with van der Waals surface area (Å²) in [5.41, 5.74) is 0.919. The summed E-state index contributed by atoms with van der Waals surface area (Å²) in [6.07, 6.45) is 0.366. The van der Waals surface area contributed by atoms with E-state index >= 15 is 8.78 Å². The molecule has 5 rings (SSSR count). The lowest BCUT2D eigenvalue weighted by molar-refractivity contribution is -0.148. The molecule has 0 bridgehead atoms. The minimum absolute atomic E-state index is 0.155. The number of hydrogen-bond donors (Lipinski definition) is 1. The first kappa shape index (κ1) is 19.8. The summed E-state index contributed by atoms with van der Waals surface area (Å²) in [7, 11) is 0. The number of H-pyrrole nitrogens is 1. The maximum Gasteiger partial charge on any atom is 0.241 e. The fraction of sp³-hybridized carbons (Fsp3) is 0.364. The molecular weight excluding hydrogens is 414 g/mol. The Kier molecular flexibility index (Phi) is 4.64. The first-order valence-electron chi connectivity index (χ1n) is 10.1. The lowest BCUT2D eigenvalue weighted by atomic mass is 9.55. The minimum Gasteiger partial charge on any atom is -0.493 e. The van der Waals surface area contributed by atoms with Crippen molar-refractivity contribution in [2.24, 2.45) is 5.41 Å². The summed E-state index contributed by atoms with van der Waals surface area (Å²) in [6, 6.07) is 6.39. The van der Waals surface area contributed by atoms with E-state index in [4.69, 9.17) is 4.74 Å². The van der Waals surface area contributed by atoms with Crippen molar-refractivity contribution in [2.75, 3.05) is 11.5 Å². The van der Waals surface area contributed by atoms with Crippen LogP contribution in [0, 0.1) is 17.0 Å². The van der Waals surface area contributed by atoms with Crippen LogP contribution >= 0.6 is 0 Å². The second-order valence-corrected chi connectivity index (χ2v) is 8.02. The van der Waals surface area contributed by atoms with E-state index in [2.05, 4.69) is 9.97 Å². The van der Waals surface area contributed by atoms with Crippen LogP contribution in [0.3, 0.4) is 0 Å². The number of alkyl halides is 2. The van der Waals surface area contributed by atoms with Gasteiger partial charge in [0.1, 0.15) is 17.4 Å². The molecule has 3 aromatic rings. The number of aromatic nitrogens is 2. The quantitative estimate of drug-likeness (QED) is 0.433. The molecule has 1 aliphatic carbocycles. The zero-order valence-electron chi connectivity index (χ0n) is 16.4. The number of aromatic amines is 1. The molecule has 31 heavy (non-hydrogen) atoms. The SMILES string of the molecule is O=C1N(c2ccc3[nH]cnc3c2)C(c2c(F)cc(OCCC(F)F)cc2F)C12CCC2. The average Bonchev–Trinajstić information content (AvgIpc) is 3.13. The molecule has 2 aromatic carbocycles. The van der Waals surface area contributed by atoms with Crippen molar-refractivity contribution in [3.63, 3.8) is 0 Å². The highest BCUT2D eigenvalue weighted by Gasteiger charge is 2.65. The largest absolute Gasteiger partial charge is 0.493 e. The van der Waals surface area contributed by atoms with Crippen LogP contribution in [0.5, 0.6) is 5.75 Å². The van der Waals surface area contributed by atoms with Crippen LogP contribution in [0.2, 0.25) is 0 Å². The number of rotatable bonds is 6. The van der Waals surface area contributed by atoms with Gasteiger partial charge in [-0.05, 0) is 31.0 Å². The smallest absolute Gasteiger partial charge is 0.241 e. The normalized spacial score (nSPS) is 19.7. The van der Waals surface area contributed by atoms with Crippen molar-refractivity contribution >= 4 is 22.6 Å². The zero-order valence-corrected chi connectivity index (χ0v) is 16.4. The molecule has 1 atom stereocenters. The van der Waals surface area contributed by atoms with Gasteiger partial charge in [0.05, 0.1) is 35.4 Å². The molecule has 2 fully saturated rings. The molecule has 1 N–H and O–H groups in total. The minimum atomic E-state index is -2.56. The van der Waals surface area contributed by atoms with Gasteiger partial charge in [-0.15, -0.1) is 0 Å². The van der Waals surface area contributed by atoms with E-state index in [1.165, 1.54) is 11.2 Å². The van der Waals surface area contributed by atoms with Gasteiger partial charge in [-0.2, -0.15) is 0 Å². The number of imidazole rings is 1. The Balaban J connectivity index is 1.51. The lowest BCUT2D eigenvalue weighted by Gasteiger charge is -2.60. The Morgan fingerprint density at radius 3 is 2.58 bits per heavy atom. The highest BCUT2D eigenvalue weighted by molar-refractivity contribution is 6.07. The van der Waals surface area contributed by atoms with Crippen LogP contribution in [0.1, 0.15) is 37.3 Å². The molecule has 9 heteroatoms. The lowest BCUT2D eigenvalue weighted by Crippen LogP contribution is -2.67. The van der Waals surface area contributed by atoms with E-state index in [-0.39, 0.29) is 23.8 Å². The fourth-order valence-electron chi connectivity index (χ4n) is 4.61. The van der Waals surface area contributed by atoms with E-state index in [1.807, 2.05) is 0 Å². The number of β-lactam (4-membered cyclic amide) rings is 1. The van der Waals surface area contributed by atoms with Crippen molar-refractivity contribution in [1.29, 1.82) is 0 Å². The van der Waals surface area contributed by atoms with Crippen molar-refractivity contribution in [1.82, 2.24) is 9.97 Å². The summed E-state index contributed by atoms with van der Waals surface area (Å²) in [4.78, 5) is 21.7. The number of hydrogen-bond acceptors (Lipinski definition) is 3. The van der Waals surface area contributed by atoms with Gasteiger partial charge in [0.15, 0.2) is 0 Å². The van der Waals surface area contributed by atoms with Gasteiger partial charge in [0.2, 0.25) is 12.3 Å². The molecule has 162 valence electrons. The van der Waals surface area contributed by atoms with E-state index in [0.717, 1.165) is 24.1 Å². The molecule has 2 heterocycles.